The molecule has 0 unspecified atom stereocenters. The number of aromatic nitrogens is 2. The molecule has 0 fully saturated rings. The fourth-order valence-corrected chi connectivity index (χ4v) is 1.94. The smallest absolute Gasteiger partial charge is 0.114 e. The van der Waals surface area contributed by atoms with Gasteiger partial charge in [0.15, 0.2) is 0 Å². The van der Waals surface area contributed by atoms with Crippen LogP contribution in [-0.2, 0) is 5.41 Å². The first-order valence-electron chi connectivity index (χ1n) is 6.15. The highest BCUT2D eigenvalue weighted by Crippen LogP contribution is 2.27. The van der Waals surface area contributed by atoms with E-state index in [2.05, 4.69) is 50.9 Å². The summed E-state index contributed by atoms with van der Waals surface area (Å²) in [5, 5.41) is 0. The highest BCUT2D eigenvalue weighted by molar-refractivity contribution is 5.79. The zero-order valence-electron chi connectivity index (χ0n) is 11.0. The fraction of sp³-hybridized carbons (Fsp3) is 0.500. The summed E-state index contributed by atoms with van der Waals surface area (Å²) in [6.45, 7) is 9.19. The maximum Gasteiger partial charge on any atom is 0.114 e. The van der Waals surface area contributed by atoms with Gasteiger partial charge in [-0.25, -0.2) is 4.98 Å². The molecule has 3 heteroatoms. The Balaban J connectivity index is 2.62. The summed E-state index contributed by atoms with van der Waals surface area (Å²) in [7, 11) is 0. The molecule has 1 aromatic heterocycles. The lowest BCUT2D eigenvalue weighted by molar-refractivity contribution is 0.509. The second-order valence-electron chi connectivity index (χ2n) is 5.57. The molecule has 17 heavy (non-hydrogen) atoms. The van der Waals surface area contributed by atoms with Gasteiger partial charge in [0.2, 0.25) is 0 Å². The molecule has 3 nitrogen and oxygen atoms in total. The number of imidazole rings is 1. The number of fused-ring (bicyclic) bond motifs is 1. The molecule has 1 aromatic carbocycles. The number of hydrogen-bond acceptors (Lipinski definition) is 2. The monoisotopic (exact) mass is 231 g/mol. The van der Waals surface area contributed by atoms with Crippen molar-refractivity contribution < 1.29 is 0 Å². The Morgan fingerprint density at radius 2 is 2.06 bits per heavy atom. The van der Waals surface area contributed by atoms with Crippen molar-refractivity contribution in [1.82, 2.24) is 9.97 Å². The number of hydrogen-bond donors (Lipinski definition) is 2. The zero-order chi connectivity index (χ0) is 12.6. The van der Waals surface area contributed by atoms with Crippen molar-refractivity contribution in [2.45, 2.75) is 39.0 Å². The Labute approximate surface area is 102 Å². The molecule has 0 amide bonds. The third-order valence-corrected chi connectivity index (χ3v) is 3.32. The third kappa shape index (κ3) is 2.07. The Kier molecular flexibility index (Phi) is 2.96. The normalized spacial score (nSPS) is 12.6. The lowest BCUT2D eigenvalue weighted by atomic mass is 9.93. The number of nitrogens with one attached hydrogen (secondary N) is 1. The fourth-order valence-electron chi connectivity index (χ4n) is 1.94. The van der Waals surface area contributed by atoms with Gasteiger partial charge in [-0.05, 0) is 17.5 Å². The van der Waals surface area contributed by atoms with Gasteiger partial charge in [-0.15, -0.1) is 0 Å². The summed E-state index contributed by atoms with van der Waals surface area (Å²) in [5.41, 5.74) is 9.17. The Morgan fingerprint density at radius 3 is 2.65 bits per heavy atom. The van der Waals surface area contributed by atoms with Crippen molar-refractivity contribution in [1.29, 1.82) is 0 Å². The lowest BCUT2D eigenvalue weighted by Gasteiger charge is -2.18. The quantitative estimate of drug-likeness (QED) is 0.853. The average Bonchev–Trinajstić information content (AvgIpc) is 2.72. The Bertz CT molecular complexity index is 523. The van der Waals surface area contributed by atoms with Gasteiger partial charge in [0.05, 0.1) is 11.0 Å². The van der Waals surface area contributed by atoms with Crippen molar-refractivity contribution in [2.24, 2.45) is 5.73 Å². The number of rotatable bonds is 3. The molecule has 0 bridgehead atoms. The maximum absolute atomic E-state index is 5.80. The highest BCUT2D eigenvalue weighted by atomic mass is 14.9. The molecule has 0 atom stereocenters. The number of nitrogens with zero attached hydrogens (tertiary/aromatic N) is 1. The predicted octanol–water partition coefficient (Wildman–Crippen LogP) is 2.92. The van der Waals surface area contributed by atoms with Gasteiger partial charge in [0, 0.05) is 12.0 Å². The van der Waals surface area contributed by atoms with E-state index in [0.29, 0.717) is 12.5 Å². The maximum atomic E-state index is 5.80. The largest absolute Gasteiger partial charge is 0.341 e. The molecule has 0 spiro atoms. The van der Waals surface area contributed by atoms with Crippen LogP contribution in [0.1, 0.15) is 45.0 Å². The van der Waals surface area contributed by atoms with Crippen molar-refractivity contribution >= 4 is 11.0 Å². The van der Waals surface area contributed by atoms with Crippen molar-refractivity contribution in [2.75, 3.05) is 6.54 Å². The van der Waals surface area contributed by atoms with Gasteiger partial charge in [-0.1, -0.05) is 39.8 Å². The second kappa shape index (κ2) is 4.15. The minimum absolute atomic E-state index is 0.104. The minimum atomic E-state index is -0.104. The van der Waals surface area contributed by atoms with Crippen molar-refractivity contribution in [3.05, 3.63) is 29.6 Å². The van der Waals surface area contributed by atoms with E-state index in [4.69, 9.17) is 10.7 Å². The van der Waals surface area contributed by atoms with E-state index in [0.717, 1.165) is 16.9 Å². The first-order valence-corrected chi connectivity index (χ1v) is 6.15. The van der Waals surface area contributed by atoms with Crippen LogP contribution in [0, 0.1) is 0 Å². The average molecular weight is 231 g/mol. The van der Waals surface area contributed by atoms with Gasteiger partial charge in [0.25, 0.3) is 0 Å². The number of benzene rings is 1. The van der Waals surface area contributed by atoms with E-state index in [9.17, 15) is 0 Å². The molecule has 0 aliphatic rings. The van der Waals surface area contributed by atoms with Gasteiger partial charge >= 0.3 is 0 Å². The molecular formula is C14H21N3. The van der Waals surface area contributed by atoms with E-state index in [1.54, 1.807) is 0 Å². The van der Waals surface area contributed by atoms with E-state index >= 15 is 0 Å². The van der Waals surface area contributed by atoms with E-state index < -0.39 is 0 Å². The molecule has 0 saturated carbocycles. The van der Waals surface area contributed by atoms with Crippen LogP contribution in [0.25, 0.3) is 11.0 Å². The Morgan fingerprint density at radius 1 is 1.35 bits per heavy atom. The van der Waals surface area contributed by atoms with Gasteiger partial charge in [-0.2, -0.15) is 0 Å². The van der Waals surface area contributed by atoms with Crippen LogP contribution in [0.15, 0.2) is 18.2 Å². The van der Waals surface area contributed by atoms with E-state index in [1.165, 1.54) is 5.56 Å². The number of aromatic amines is 1. The number of nitrogens with two attached hydrogens (primary N) is 1. The Hall–Kier alpha value is -1.35. The predicted molar refractivity (Wildman–Crippen MR) is 72.3 cm³/mol. The molecule has 2 aromatic rings. The minimum Gasteiger partial charge on any atom is -0.341 e. The van der Waals surface area contributed by atoms with Crippen LogP contribution >= 0.6 is 0 Å². The van der Waals surface area contributed by atoms with Crippen molar-refractivity contribution in [3.63, 3.8) is 0 Å². The molecule has 0 radical (unpaired) electrons. The molecule has 1 heterocycles. The van der Waals surface area contributed by atoms with Crippen LogP contribution in [0.2, 0.25) is 0 Å². The molecule has 0 aliphatic carbocycles. The van der Waals surface area contributed by atoms with E-state index in [1.807, 2.05) is 0 Å². The van der Waals surface area contributed by atoms with Gasteiger partial charge < -0.3 is 10.7 Å². The summed E-state index contributed by atoms with van der Waals surface area (Å²) in [6.07, 6.45) is 0. The van der Waals surface area contributed by atoms with Crippen LogP contribution < -0.4 is 5.73 Å². The lowest BCUT2D eigenvalue weighted by Crippen LogP contribution is -2.29. The van der Waals surface area contributed by atoms with Gasteiger partial charge in [-0.3, -0.25) is 0 Å². The second-order valence-corrected chi connectivity index (χ2v) is 5.57. The summed E-state index contributed by atoms with van der Waals surface area (Å²) in [4.78, 5) is 8.13. The van der Waals surface area contributed by atoms with Crippen LogP contribution in [-0.4, -0.2) is 16.5 Å². The standard InChI is InChI=1S/C14H21N3/c1-9(2)10-6-5-7-11-12(10)17-13(16-11)14(3,4)8-15/h5-7,9H,8,15H2,1-4H3,(H,16,17). The van der Waals surface area contributed by atoms with Gasteiger partial charge in [0.1, 0.15) is 5.82 Å². The molecular weight excluding hydrogens is 210 g/mol. The first kappa shape index (κ1) is 12.1. The third-order valence-electron chi connectivity index (χ3n) is 3.32. The topological polar surface area (TPSA) is 54.7 Å². The molecule has 3 N–H and O–H groups in total. The number of H-pyrrole nitrogens is 1. The van der Waals surface area contributed by atoms with E-state index in [-0.39, 0.29) is 5.41 Å². The molecule has 92 valence electrons. The zero-order valence-corrected chi connectivity index (χ0v) is 11.0. The summed E-state index contributed by atoms with van der Waals surface area (Å²) in [6, 6.07) is 6.30. The highest BCUT2D eigenvalue weighted by Gasteiger charge is 2.23. The van der Waals surface area contributed by atoms with Crippen LogP contribution in [0.3, 0.4) is 0 Å². The van der Waals surface area contributed by atoms with Crippen LogP contribution in [0.5, 0.6) is 0 Å². The van der Waals surface area contributed by atoms with Crippen LogP contribution in [0.4, 0.5) is 0 Å². The molecule has 0 aliphatic heterocycles. The molecule has 0 saturated heterocycles. The summed E-state index contributed by atoms with van der Waals surface area (Å²) < 4.78 is 0. The first-order chi connectivity index (χ1) is 7.95. The van der Waals surface area contributed by atoms with Crippen molar-refractivity contribution in [3.8, 4) is 0 Å². The summed E-state index contributed by atoms with van der Waals surface area (Å²) in [5.74, 6) is 1.46. The number of para-hydroxylation sites is 1. The molecule has 2 rings (SSSR count). The summed E-state index contributed by atoms with van der Waals surface area (Å²) >= 11 is 0. The SMILES string of the molecule is CC(C)c1cccc2[nH]c(C(C)(C)CN)nc12.